The summed E-state index contributed by atoms with van der Waals surface area (Å²) < 4.78 is 16.6. The number of carbonyl (C=O) groups is 1. The molecule has 2 aromatic heterocycles. The van der Waals surface area contributed by atoms with E-state index in [1.54, 1.807) is 0 Å². The highest BCUT2D eigenvalue weighted by Crippen LogP contribution is 2.30. The highest BCUT2D eigenvalue weighted by molar-refractivity contribution is 7.17. The van der Waals surface area contributed by atoms with Crippen molar-refractivity contribution in [3.05, 3.63) is 63.9 Å². The first-order chi connectivity index (χ1) is 14.2. The van der Waals surface area contributed by atoms with E-state index in [1.165, 1.54) is 22.2 Å². The quantitative estimate of drug-likeness (QED) is 0.597. The molecule has 0 atom stereocenters. The van der Waals surface area contributed by atoms with Gasteiger partial charge in [0.25, 0.3) is 5.56 Å². The van der Waals surface area contributed by atoms with Crippen molar-refractivity contribution in [1.82, 2.24) is 9.55 Å². The van der Waals surface area contributed by atoms with Crippen molar-refractivity contribution in [2.45, 2.75) is 13.2 Å². The van der Waals surface area contributed by atoms with Gasteiger partial charge in [-0.1, -0.05) is 30.3 Å². The Morgan fingerprint density at radius 1 is 1.31 bits per heavy atom. The van der Waals surface area contributed by atoms with E-state index in [2.05, 4.69) is 4.98 Å². The Hall–Kier alpha value is -3.64. The SMILES string of the molecule is N#CCn1c(COC(=O)C2=COCCO2)nc2scc(-c3ccccc3)c2c1=O. The Morgan fingerprint density at radius 2 is 2.14 bits per heavy atom. The molecule has 29 heavy (non-hydrogen) atoms. The van der Waals surface area contributed by atoms with Gasteiger partial charge in [-0.05, 0) is 5.56 Å². The number of thiophene rings is 1. The van der Waals surface area contributed by atoms with Crippen LogP contribution in [0.5, 0.6) is 0 Å². The van der Waals surface area contributed by atoms with Gasteiger partial charge >= 0.3 is 5.97 Å². The first-order valence-corrected chi connectivity index (χ1v) is 9.62. The lowest BCUT2D eigenvalue weighted by Gasteiger charge is -2.15. The molecule has 0 unspecified atom stereocenters. The molecule has 0 amide bonds. The molecule has 8 nitrogen and oxygen atoms in total. The van der Waals surface area contributed by atoms with Gasteiger partial charge in [-0.3, -0.25) is 9.36 Å². The average Bonchev–Trinajstić information content (AvgIpc) is 3.20. The molecule has 0 saturated carbocycles. The first-order valence-electron chi connectivity index (χ1n) is 8.74. The Balaban J connectivity index is 1.70. The third-order valence-corrected chi connectivity index (χ3v) is 5.14. The van der Waals surface area contributed by atoms with Crippen LogP contribution in [-0.4, -0.2) is 28.7 Å². The topological polar surface area (TPSA) is 103 Å². The molecule has 0 aliphatic carbocycles. The summed E-state index contributed by atoms with van der Waals surface area (Å²) in [4.78, 5) is 30.2. The number of ether oxygens (including phenoxy) is 3. The Bertz CT molecular complexity index is 1190. The van der Waals surface area contributed by atoms with Crippen LogP contribution in [0.4, 0.5) is 0 Å². The van der Waals surface area contributed by atoms with Gasteiger partial charge in [0.05, 0.1) is 11.5 Å². The molecule has 146 valence electrons. The monoisotopic (exact) mass is 409 g/mol. The van der Waals surface area contributed by atoms with E-state index in [0.717, 1.165) is 11.1 Å². The molecule has 0 spiro atoms. The van der Waals surface area contributed by atoms with Crippen LogP contribution in [-0.2, 0) is 32.2 Å². The number of nitriles is 1. The van der Waals surface area contributed by atoms with Crippen LogP contribution in [0.15, 0.2) is 52.5 Å². The van der Waals surface area contributed by atoms with Crippen molar-refractivity contribution >= 4 is 27.5 Å². The van der Waals surface area contributed by atoms with E-state index in [-0.39, 0.29) is 36.9 Å². The van der Waals surface area contributed by atoms with Crippen LogP contribution in [0.25, 0.3) is 21.3 Å². The summed E-state index contributed by atoms with van der Waals surface area (Å²) in [5.74, 6) is -0.580. The van der Waals surface area contributed by atoms with Crippen LogP contribution in [0.2, 0.25) is 0 Å². The van der Waals surface area contributed by atoms with Crippen LogP contribution >= 0.6 is 11.3 Å². The number of aromatic nitrogens is 2. The number of nitrogens with zero attached hydrogens (tertiary/aromatic N) is 3. The van der Waals surface area contributed by atoms with Gasteiger partial charge in [-0.25, -0.2) is 9.78 Å². The van der Waals surface area contributed by atoms with Crippen molar-refractivity contribution in [2.75, 3.05) is 13.2 Å². The molecular weight excluding hydrogens is 394 g/mol. The molecule has 3 heterocycles. The molecule has 0 fully saturated rings. The largest absolute Gasteiger partial charge is 0.493 e. The molecular formula is C20H15N3O5S. The molecule has 1 aromatic carbocycles. The third-order valence-electron chi connectivity index (χ3n) is 4.27. The van der Waals surface area contributed by atoms with Crippen LogP contribution < -0.4 is 5.56 Å². The summed E-state index contributed by atoms with van der Waals surface area (Å²) in [6.45, 7) is 0.132. The third kappa shape index (κ3) is 3.70. The maximum absolute atomic E-state index is 13.1. The lowest BCUT2D eigenvalue weighted by molar-refractivity contribution is -0.146. The zero-order valence-electron chi connectivity index (χ0n) is 15.2. The summed E-state index contributed by atoms with van der Waals surface area (Å²) in [7, 11) is 0. The summed E-state index contributed by atoms with van der Waals surface area (Å²) in [5.41, 5.74) is 1.30. The van der Waals surface area contributed by atoms with E-state index < -0.39 is 5.97 Å². The standard InChI is InChI=1S/C20H15N3O5S/c21-6-7-23-16(11-28-20(25)15-10-26-8-9-27-15)22-18-17(19(23)24)14(12-29-18)13-4-2-1-3-5-13/h1-5,10,12H,7-9,11H2. The molecule has 0 saturated heterocycles. The zero-order valence-corrected chi connectivity index (χ0v) is 16.0. The fourth-order valence-corrected chi connectivity index (χ4v) is 3.87. The van der Waals surface area contributed by atoms with E-state index in [1.807, 2.05) is 41.8 Å². The highest BCUT2D eigenvalue weighted by Gasteiger charge is 2.20. The minimum Gasteiger partial charge on any atom is -0.493 e. The van der Waals surface area contributed by atoms with E-state index >= 15 is 0 Å². The molecule has 3 aromatic rings. The number of fused-ring (bicyclic) bond motifs is 1. The van der Waals surface area contributed by atoms with Crippen LogP contribution in [0.3, 0.4) is 0 Å². The predicted molar refractivity (Wildman–Crippen MR) is 105 cm³/mol. The summed E-state index contributed by atoms with van der Waals surface area (Å²) in [6.07, 6.45) is 1.19. The second-order valence-electron chi connectivity index (χ2n) is 6.05. The van der Waals surface area contributed by atoms with Crippen molar-refractivity contribution < 1.29 is 19.0 Å². The summed E-state index contributed by atoms with van der Waals surface area (Å²) in [5, 5.41) is 11.5. The fourth-order valence-electron chi connectivity index (χ4n) is 2.92. The van der Waals surface area contributed by atoms with Crippen molar-refractivity contribution in [1.29, 1.82) is 5.26 Å². The van der Waals surface area contributed by atoms with Gasteiger partial charge in [0, 0.05) is 10.9 Å². The maximum atomic E-state index is 13.1. The zero-order chi connectivity index (χ0) is 20.2. The minimum atomic E-state index is -0.723. The van der Waals surface area contributed by atoms with Crippen LogP contribution in [0.1, 0.15) is 5.82 Å². The second-order valence-corrected chi connectivity index (χ2v) is 6.91. The van der Waals surface area contributed by atoms with Crippen molar-refractivity contribution in [3.63, 3.8) is 0 Å². The van der Waals surface area contributed by atoms with E-state index in [0.29, 0.717) is 16.8 Å². The highest BCUT2D eigenvalue weighted by atomic mass is 32.1. The van der Waals surface area contributed by atoms with Crippen LogP contribution in [0, 0.1) is 11.3 Å². The smallest absolute Gasteiger partial charge is 0.377 e. The lowest BCUT2D eigenvalue weighted by Crippen LogP contribution is -2.26. The minimum absolute atomic E-state index is 0.0472. The first kappa shape index (κ1) is 18.7. The number of esters is 1. The molecule has 9 heteroatoms. The Morgan fingerprint density at radius 3 is 2.86 bits per heavy atom. The van der Waals surface area contributed by atoms with Crippen molar-refractivity contribution in [2.24, 2.45) is 0 Å². The maximum Gasteiger partial charge on any atom is 0.377 e. The number of hydrogen-bond acceptors (Lipinski definition) is 8. The summed E-state index contributed by atoms with van der Waals surface area (Å²) >= 11 is 1.32. The van der Waals surface area contributed by atoms with Gasteiger partial charge in [0.2, 0.25) is 5.76 Å². The molecule has 1 aliphatic rings. The number of carbonyl (C=O) groups excluding carboxylic acids is 1. The molecule has 1 aliphatic heterocycles. The fraction of sp³-hybridized carbons (Fsp3) is 0.200. The van der Waals surface area contributed by atoms with Gasteiger partial charge in [-0.15, -0.1) is 11.3 Å². The molecule has 4 rings (SSSR count). The summed E-state index contributed by atoms with van der Waals surface area (Å²) in [6, 6.07) is 11.5. The molecule has 0 radical (unpaired) electrons. The molecule has 0 N–H and O–H groups in total. The van der Waals surface area contributed by atoms with Gasteiger partial charge in [0.15, 0.2) is 5.82 Å². The number of benzene rings is 1. The second kappa shape index (κ2) is 8.16. The molecule has 0 bridgehead atoms. The number of hydrogen-bond donors (Lipinski definition) is 0. The van der Waals surface area contributed by atoms with Gasteiger partial charge < -0.3 is 14.2 Å². The Labute approximate surface area is 169 Å². The lowest BCUT2D eigenvalue weighted by atomic mass is 10.1. The number of rotatable bonds is 5. The van der Waals surface area contributed by atoms with Gasteiger partial charge in [-0.2, -0.15) is 5.26 Å². The Kier molecular flexibility index (Phi) is 5.27. The van der Waals surface area contributed by atoms with E-state index in [9.17, 15) is 14.9 Å². The van der Waals surface area contributed by atoms with Crippen molar-refractivity contribution in [3.8, 4) is 17.2 Å². The van der Waals surface area contributed by atoms with E-state index in [4.69, 9.17) is 14.2 Å². The van der Waals surface area contributed by atoms with Gasteiger partial charge in [0.1, 0.15) is 37.5 Å². The predicted octanol–water partition coefficient (Wildman–Crippen LogP) is 2.58. The normalized spacial score (nSPS) is 13.1. The average molecular weight is 409 g/mol.